The molecule has 2 rings (SSSR count). The summed E-state index contributed by atoms with van der Waals surface area (Å²) >= 11 is 9.61. The molecule has 0 N–H and O–H groups in total. The van der Waals surface area contributed by atoms with E-state index in [0.29, 0.717) is 17.0 Å². The summed E-state index contributed by atoms with van der Waals surface area (Å²) in [5.41, 5.74) is 0.618. The van der Waals surface area contributed by atoms with Crippen LogP contribution in [0.5, 0.6) is 0 Å². The Morgan fingerprint density at radius 3 is 2.31 bits per heavy atom. The lowest BCUT2D eigenvalue weighted by molar-refractivity contribution is -0.148. The van der Waals surface area contributed by atoms with E-state index in [4.69, 9.17) is 16.3 Å². The first-order chi connectivity index (χ1) is 13.7. The minimum Gasteiger partial charge on any atom is -0.465 e. The van der Waals surface area contributed by atoms with Crippen LogP contribution in [0.2, 0.25) is 5.02 Å². The molecule has 158 valence electrons. The summed E-state index contributed by atoms with van der Waals surface area (Å²) in [6, 6.07) is 12.4. The number of halogens is 2. The molecule has 0 amide bonds. The number of sulfonamides is 1. The van der Waals surface area contributed by atoms with Crippen molar-refractivity contribution >= 4 is 43.5 Å². The van der Waals surface area contributed by atoms with Crippen LogP contribution in [0.4, 0.5) is 0 Å². The largest absolute Gasteiger partial charge is 0.465 e. The van der Waals surface area contributed by atoms with Gasteiger partial charge in [-0.25, -0.2) is 8.42 Å². The molecule has 0 aliphatic rings. The van der Waals surface area contributed by atoms with Gasteiger partial charge in [-0.05, 0) is 55.2 Å². The van der Waals surface area contributed by atoms with Crippen LogP contribution in [-0.2, 0) is 26.1 Å². The lowest BCUT2D eigenvalue weighted by Gasteiger charge is -2.31. The quantitative estimate of drug-likeness (QED) is 0.438. The van der Waals surface area contributed by atoms with Gasteiger partial charge in [0.2, 0.25) is 10.0 Å². The Bertz CT molecular complexity index is 932. The molecule has 0 aliphatic carbocycles. The zero-order valence-electron chi connectivity index (χ0n) is 16.6. The van der Waals surface area contributed by atoms with Crippen molar-refractivity contribution in [3.8, 4) is 0 Å². The molecule has 1 atom stereocenters. The number of hydrogen-bond donors (Lipinski definition) is 0. The average Bonchev–Trinajstić information content (AvgIpc) is 2.66. The van der Waals surface area contributed by atoms with E-state index in [9.17, 15) is 13.2 Å². The number of hydrogen-bond acceptors (Lipinski definition) is 4. The van der Waals surface area contributed by atoms with Crippen molar-refractivity contribution in [3.05, 3.63) is 63.6 Å². The third-order valence-corrected chi connectivity index (χ3v) is 7.07. The second-order valence-corrected chi connectivity index (χ2v) is 10.2. The number of carbonyl (C=O) groups excluding carboxylic acids is 1. The number of benzene rings is 2. The summed E-state index contributed by atoms with van der Waals surface area (Å²) < 4.78 is 34.3. The predicted molar refractivity (Wildman–Crippen MR) is 118 cm³/mol. The summed E-state index contributed by atoms with van der Waals surface area (Å²) in [5.74, 6) is -0.479. The molecular formula is C21H25BrClNO4S. The van der Waals surface area contributed by atoms with Gasteiger partial charge in [-0.3, -0.25) is 4.79 Å². The van der Waals surface area contributed by atoms with Gasteiger partial charge in [0, 0.05) is 16.0 Å². The maximum absolute atomic E-state index is 13.6. The van der Waals surface area contributed by atoms with E-state index in [1.165, 1.54) is 16.4 Å². The molecule has 0 unspecified atom stereocenters. The lowest BCUT2D eigenvalue weighted by atomic mass is 10.0. The van der Waals surface area contributed by atoms with Crippen LogP contribution < -0.4 is 0 Å². The molecular weight excluding hydrogens is 478 g/mol. The number of rotatable bonds is 9. The monoisotopic (exact) mass is 501 g/mol. The highest BCUT2D eigenvalue weighted by Gasteiger charge is 2.37. The van der Waals surface area contributed by atoms with Crippen LogP contribution in [0.15, 0.2) is 57.9 Å². The van der Waals surface area contributed by atoms with Crippen molar-refractivity contribution in [2.45, 2.75) is 44.7 Å². The van der Waals surface area contributed by atoms with Gasteiger partial charge in [0.25, 0.3) is 0 Å². The predicted octanol–water partition coefficient (Wildman–Crippen LogP) is 5.27. The van der Waals surface area contributed by atoms with E-state index in [0.717, 1.165) is 4.47 Å². The summed E-state index contributed by atoms with van der Waals surface area (Å²) in [7, 11) is -3.99. The number of nitrogens with zero attached hydrogens (tertiary/aromatic N) is 1. The smallest absolute Gasteiger partial charge is 0.324 e. The number of esters is 1. The van der Waals surface area contributed by atoms with Gasteiger partial charge in [-0.2, -0.15) is 4.31 Å². The Morgan fingerprint density at radius 1 is 1.14 bits per heavy atom. The van der Waals surface area contributed by atoms with E-state index in [2.05, 4.69) is 15.9 Å². The fraction of sp³-hybridized carbons (Fsp3) is 0.381. The van der Waals surface area contributed by atoms with Gasteiger partial charge in [0.1, 0.15) is 6.04 Å². The van der Waals surface area contributed by atoms with E-state index in [1.54, 1.807) is 43.3 Å². The molecule has 0 saturated carbocycles. The summed E-state index contributed by atoms with van der Waals surface area (Å²) in [6.07, 6.45) is 0.332. The van der Waals surface area contributed by atoms with Gasteiger partial charge in [0.05, 0.1) is 11.5 Å². The molecule has 2 aromatic rings. The molecule has 29 heavy (non-hydrogen) atoms. The zero-order valence-corrected chi connectivity index (χ0v) is 19.8. The van der Waals surface area contributed by atoms with Crippen LogP contribution in [0, 0.1) is 5.92 Å². The minimum atomic E-state index is -3.99. The van der Waals surface area contributed by atoms with Gasteiger partial charge in [-0.15, -0.1) is 0 Å². The van der Waals surface area contributed by atoms with Crippen molar-refractivity contribution in [3.63, 3.8) is 0 Å². The van der Waals surface area contributed by atoms with Crippen molar-refractivity contribution in [2.24, 2.45) is 5.92 Å². The van der Waals surface area contributed by atoms with Crippen LogP contribution in [0.1, 0.15) is 32.8 Å². The fourth-order valence-corrected chi connectivity index (χ4v) is 4.94. The van der Waals surface area contributed by atoms with E-state index >= 15 is 0 Å². The van der Waals surface area contributed by atoms with Gasteiger partial charge in [-0.1, -0.05) is 59.6 Å². The Balaban J connectivity index is 2.57. The van der Waals surface area contributed by atoms with Gasteiger partial charge < -0.3 is 4.74 Å². The summed E-state index contributed by atoms with van der Waals surface area (Å²) in [5, 5.41) is 0.440. The molecule has 0 spiro atoms. The Kier molecular flexibility index (Phi) is 8.70. The topological polar surface area (TPSA) is 63.7 Å². The molecule has 5 nitrogen and oxygen atoms in total. The number of ether oxygens (including phenoxy) is 1. The summed E-state index contributed by atoms with van der Waals surface area (Å²) in [4.78, 5) is 12.9. The minimum absolute atomic E-state index is 0.0335. The van der Waals surface area contributed by atoms with Gasteiger partial charge >= 0.3 is 5.97 Å². The second kappa shape index (κ2) is 10.6. The zero-order chi connectivity index (χ0) is 21.6. The fourth-order valence-electron chi connectivity index (χ4n) is 2.92. The standard InChI is InChI=1S/C21H25BrClNO4S/c1-4-28-21(25)20(13-15(2)3)24(14-16-7-5-6-8-19(16)23)29(26,27)18-11-9-17(22)10-12-18/h5-12,15,20H,4,13-14H2,1-3H3/t20-/m0/s1. The van der Waals surface area contributed by atoms with Crippen molar-refractivity contribution in [1.29, 1.82) is 0 Å². The Hall–Kier alpha value is -1.41. The number of carbonyl (C=O) groups is 1. The third kappa shape index (κ3) is 6.28. The molecule has 0 aromatic heterocycles. The highest BCUT2D eigenvalue weighted by Crippen LogP contribution is 2.28. The van der Waals surface area contributed by atoms with Crippen molar-refractivity contribution in [1.82, 2.24) is 4.31 Å². The normalized spacial score (nSPS) is 12.9. The van der Waals surface area contributed by atoms with E-state index in [1.807, 2.05) is 13.8 Å². The molecule has 0 saturated heterocycles. The molecule has 0 bridgehead atoms. The maximum Gasteiger partial charge on any atom is 0.324 e. The Morgan fingerprint density at radius 2 is 1.76 bits per heavy atom. The van der Waals surface area contributed by atoms with Crippen LogP contribution in [0.25, 0.3) is 0 Å². The maximum atomic E-state index is 13.6. The molecule has 0 radical (unpaired) electrons. The third-order valence-electron chi connectivity index (χ3n) is 4.31. The average molecular weight is 503 g/mol. The first-order valence-electron chi connectivity index (χ1n) is 9.34. The van der Waals surface area contributed by atoms with Crippen LogP contribution in [0.3, 0.4) is 0 Å². The summed E-state index contributed by atoms with van der Waals surface area (Å²) in [6.45, 7) is 5.71. The SMILES string of the molecule is CCOC(=O)[C@H](CC(C)C)N(Cc1ccccc1Cl)S(=O)(=O)c1ccc(Br)cc1. The molecule has 0 aliphatic heterocycles. The molecule has 0 fully saturated rings. The van der Waals surface area contributed by atoms with Crippen LogP contribution >= 0.6 is 27.5 Å². The van der Waals surface area contributed by atoms with Crippen molar-refractivity contribution in [2.75, 3.05) is 6.61 Å². The second-order valence-electron chi connectivity index (χ2n) is 6.99. The van der Waals surface area contributed by atoms with Crippen molar-refractivity contribution < 1.29 is 17.9 Å². The molecule has 2 aromatic carbocycles. The van der Waals surface area contributed by atoms with E-state index < -0.39 is 22.0 Å². The highest BCUT2D eigenvalue weighted by molar-refractivity contribution is 9.10. The van der Waals surface area contributed by atoms with Crippen LogP contribution in [-0.4, -0.2) is 31.3 Å². The first kappa shape index (κ1) is 23.9. The molecule has 8 heteroatoms. The van der Waals surface area contributed by atoms with E-state index in [-0.39, 0.29) is 24.0 Å². The highest BCUT2D eigenvalue weighted by atomic mass is 79.9. The molecule has 0 heterocycles. The van der Waals surface area contributed by atoms with Gasteiger partial charge in [0.15, 0.2) is 0 Å². The lowest BCUT2D eigenvalue weighted by Crippen LogP contribution is -2.46. The Labute approximate surface area is 186 Å². The first-order valence-corrected chi connectivity index (χ1v) is 11.9.